The quantitative estimate of drug-likeness (QED) is 0.318. The lowest BCUT2D eigenvalue weighted by Crippen LogP contribution is -2.42. The van der Waals surface area contributed by atoms with Gasteiger partial charge in [-0.15, -0.1) is 6.58 Å². The minimum Gasteiger partial charge on any atom is -0.270 e. The molecule has 0 N–H and O–H groups in total. The molecule has 2 aromatic carbocycles. The third-order valence-corrected chi connectivity index (χ3v) is 5.65. The molecule has 0 unspecified atom stereocenters. The molecule has 6 nitrogen and oxygen atoms in total. The topological polar surface area (TPSA) is 79.0 Å². The van der Waals surface area contributed by atoms with Gasteiger partial charge < -0.3 is 0 Å². The second kappa shape index (κ2) is 9.12. The fourth-order valence-electron chi connectivity index (χ4n) is 3.75. The summed E-state index contributed by atoms with van der Waals surface area (Å²) in [5.41, 5.74) is 3.20. The van der Waals surface area contributed by atoms with Gasteiger partial charge in [0, 0.05) is 29.4 Å². The summed E-state index contributed by atoms with van der Waals surface area (Å²) in [5, 5.41) is 14.2. The van der Waals surface area contributed by atoms with Gasteiger partial charge >= 0.3 is 0 Å². The van der Waals surface area contributed by atoms with Gasteiger partial charge in [-0.3, -0.25) is 14.5 Å². The van der Waals surface area contributed by atoms with Gasteiger partial charge in [0.1, 0.15) is 23.2 Å². The first-order chi connectivity index (χ1) is 16.3. The number of hydrogen-bond acceptors (Lipinski definition) is 4. The standard InChI is InChI=1S/C27H21FN4O2/c1-4-12-31-26(33)22(18(3)23(15-29)27(31)34)13-20-16-32(21-8-6-5-7-9-21)30-25(20)19-11-10-17(2)24(28)14-19/h4-11,13-14,16H,1,12H2,2-3H3/b22-13+. The zero-order valence-electron chi connectivity index (χ0n) is 18.7. The Bertz CT molecular complexity index is 1420. The molecule has 0 saturated heterocycles. The molecule has 4 rings (SSSR count). The number of aryl methyl sites for hydroxylation is 1. The summed E-state index contributed by atoms with van der Waals surface area (Å²) in [6, 6.07) is 16.1. The number of rotatable bonds is 5. The molecular weight excluding hydrogens is 431 g/mol. The number of benzene rings is 2. The molecule has 1 aromatic heterocycles. The lowest BCUT2D eigenvalue weighted by Gasteiger charge is -2.26. The molecule has 1 aliphatic heterocycles. The molecule has 0 saturated carbocycles. The molecule has 1 aliphatic rings. The van der Waals surface area contributed by atoms with Crippen molar-refractivity contribution in [3.63, 3.8) is 0 Å². The molecule has 0 radical (unpaired) electrons. The highest BCUT2D eigenvalue weighted by Crippen LogP contribution is 2.31. The first-order valence-corrected chi connectivity index (χ1v) is 10.6. The van der Waals surface area contributed by atoms with Crippen LogP contribution < -0.4 is 0 Å². The molecule has 0 bridgehead atoms. The van der Waals surface area contributed by atoms with E-state index in [-0.39, 0.29) is 29.1 Å². The van der Waals surface area contributed by atoms with Gasteiger partial charge in [-0.25, -0.2) is 9.07 Å². The van der Waals surface area contributed by atoms with E-state index in [4.69, 9.17) is 0 Å². The number of nitrogens with zero attached hydrogens (tertiary/aromatic N) is 4. The van der Waals surface area contributed by atoms with Gasteiger partial charge in [0.2, 0.25) is 0 Å². The van der Waals surface area contributed by atoms with Crippen LogP contribution in [0.15, 0.2) is 84.1 Å². The second-order valence-electron chi connectivity index (χ2n) is 7.86. The maximum absolute atomic E-state index is 14.4. The van der Waals surface area contributed by atoms with Crippen molar-refractivity contribution in [3.8, 4) is 23.0 Å². The number of para-hydroxylation sites is 1. The molecule has 2 amide bonds. The number of amides is 2. The van der Waals surface area contributed by atoms with Crippen LogP contribution in [0.3, 0.4) is 0 Å². The maximum Gasteiger partial charge on any atom is 0.271 e. The molecule has 0 spiro atoms. The van der Waals surface area contributed by atoms with Gasteiger partial charge in [-0.2, -0.15) is 10.4 Å². The van der Waals surface area contributed by atoms with Crippen LogP contribution in [0.1, 0.15) is 18.1 Å². The van der Waals surface area contributed by atoms with Crippen LogP contribution in [0.5, 0.6) is 0 Å². The summed E-state index contributed by atoms with van der Waals surface area (Å²) < 4.78 is 16.0. The lowest BCUT2D eigenvalue weighted by molar-refractivity contribution is -0.139. The monoisotopic (exact) mass is 452 g/mol. The lowest BCUT2D eigenvalue weighted by atomic mass is 9.93. The largest absolute Gasteiger partial charge is 0.271 e. The highest BCUT2D eigenvalue weighted by molar-refractivity contribution is 6.19. The highest BCUT2D eigenvalue weighted by Gasteiger charge is 2.35. The van der Waals surface area contributed by atoms with Crippen LogP contribution in [-0.2, 0) is 9.59 Å². The number of halogens is 1. The normalized spacial score (nSPS) is 15.1. The van der Waals surface area contributed by atoms with Gasteiger partial charge in [-0.05, 0) is 49.3 Å². The van der Waals surface area contributed by atoms with Crippen LogP contribution >= 0.6 is 0 Å². The SMILES string of the molecule is C=CCN1C(=O)C(C#N)=C(C)/C(=C\c2cn(-c3ccccc3)nc2-c2ccc(C)c(F)c2)C1=O. The van der Waals surface area contributed by atoms with Crippen molar-refractivity contribution in [2.24, 2.45) is 0 Å². The van der Waals surface area contributed by atoms with Crippen molar-refractivity contribution in [1.82, 2.24) is 14.7 Å². The Morgan fingerprint density at radius 1 is 1.12 bits per heavy atom. The summed E-state index contributed by atoms with van der Waals surface area (Å²) in [4.78, 5) is 26.8. The van der Waals surface area contributed by atoms with Gasteiger partial charge in [0.25, 0.3) is 11.8 Å². The summed E-state index contributed by atoms with van der Waals surface area (Å²) in [7, 11) is 0. The molecule has 0 atom stereocenters. The van der Waals surface area contributed by atoms with E-state index in [0.717, 1.165) is 10.6 Å². The zero-order valence-corrected chi connectivity index (χ0v) is 18.7. The third-order valence-electron chi connectivity index (χ3n) is 5.65. The molecular formula is C27H21FN4O2. The minimum absolute atomic E-state index is 0.0211. The van der Waals surface area contributed by atoms with Crippen molar-refractivity contribution < 1.29 is 14.0 Å². The van der Waals surface area contributed by atoms with Crippen LogP contribution in [-0.4, -0.2) is 33.0 Å². The third kappa shape index (κ3) is 3.97. The van der Waals surface area contributed by atoms with Crippen molar-refractivity contribution in [1.29, 1.82) is 5.26 Å². The van der Waals surface area contributed by atoms with E-state index in [1.165, 1.54) is 12.1 Å². The fraction of sp³-hybridized carbons (Fsp3) is 0.111. The second-order valence-corrected chi connectivity index (χ2v) is 7.86. The van der Waals surface area contributed by atoms with E-state index in [1.54, 1.807) is 42.9 Å². The maximum atomic E-state index is 14.4. The highest BCUT2D eigenvalue weighted by atomic mass is 19.1. The number of carbonyl (C=O) groups is 2. The van der Waals surface area contributed by atoms with Crippen molar-refractivity contribution in [2.75, 3.05) is 6.54 Å². The smallest absolute Gasteiger partial charge is 0.270 e. The number of nitriles is 1. The predicted molar refractivity (Wildman–Crippen MR) is 127 cm³/mol. The van der Waals surface area contributed by atoms with Crippen molar-refractivity contribution in [2.45, 2.75) is 13.8 Å². The van der Waals surface area contributed by atoms with E-state index >= 15 is 0 Å². The summed E-state index contributed by atoms with van der Waals surface area (Å²) >= 11 is 0. The Hall–Kier alpha value is -4.57. The molecule has 34 heavy (non-hydrogen) atoms. The minimum atomic E-state index is -0.650. The average molecular weight is 452 g/mol. The Balaban J connectivity index is 1.94. The molecule has 2 heterocycles. The first kappa shape index (κ1) is 22.6. The summed E-state index contributed by atoms with van der Waals surface area (Å²) in [6.07, 6.45) is 4.75. The van der Waals surface area contributed by atoms with E-state index in [1.807, 2.05) is 36.4 Å². The van der Waals surface area contributed by atoms with Gasteiger partial charge in [0.15, 0.2) is 0 Å². The van der Waals surface area contributed by atoms with Gasteiger partial charge in [0.05, 0.1) is 5.69 Å². The Morgan fingerprint density at radius 3 is 2.50 bits per heavy atom. The molecule has 3 aromatic rings. The van der Waals surface area contributed by atoms with Crippen molar-refractivity contribution >= 4 is 17.9 Å². The Kier molecular flexibility index (Phi) is 6.07. The number of carbonyl (C=O) groups excluding carboxylic acids is 2. The van der Waals surface area contributed by atoms with E-state index in [2.05, 4.69) is 11.7 Å². The number of aromatic nitrogens is 2. The number of hydrogen-bond donors (Lipinski definition) is 0. The summed E-state index contributed by atoms with van der Waals surface area (Å²) in [5.74, 6) is -1.55. The number of imide groups is 1. The summed E-state index contributed by atoms with van der Waals surface area (Å²) in [6.45, 7) is 6.82. The average Bonchev–Trinajstić information content (AvgIpc) is 3.26. The van der Waals surface area contributed by atoms with Crippen LogP contribution in [0, 0.1) is 24.1 Å². The molecule has 168 valence electrons. The molecule has 0 fully saturated rings. The Labute approximate surface area is 196 Å². The zero-order chi connectivity index (χ0) is 24.4. The Morgan fingerprint density at radius 2 is 1.85 bits per heavy atom. The molecule has 7 heteroatoms. The molecule has 0 aliphatic carbocycles. The van der Waals surface area contributed by atoms with E-state index in [9.17, 15) is 19.2 Å². The predicted octanol–water partition coefficient (Wildman–Crippen LogP) is 4.77. The van der Waals surface area contributed by atoms with E-state index < -0.39 is 11.8 Å². The fourth-order valence-corrected chi connectivity index (χ4v) is 3.75. The van der Waals surface area contributed by atoms with Crippen molar-refractivity contribution in [3.05, 3.63) is 101 Å². The van der Waals surface area contributed by atoms with Crippen LogP contribution in [0.2, 0.25) is 0 Å². The van der Waals surface area contributed by atoms with Gasteiger partial charge in [-0.1, -0.05) is 36.4 Å². The van der Waals surface area contributed by atoms with Crippen LogP contribution in [0.25, 0.3) is 23.0 Å². The van der Waals surface area contributed by atoms with Crippen LogP contribution in [0.4, 0.5) is 4.39 Å². The first-order valence-electron chi connectivity index (χ1n) is 10.6. The van der Waals surface area contributed by atoms with E-state index in [0.29, 0.717) is 22.4 Å².